The summed E-state index contributed by atoms with van der Waals surface area (Å²) in [5.74, 6) is 0.408. The number of likely N-dealkylation sites (tertiary alicyclic amines) is 1. The molecule has 3 heterocycles. The quantitative estimate of drug-likeness (QED) is 0.268. The van der Waals surface area contributed by atoms with E-state index in [1.807, 2.05) is 23.1 Å². The summed E-state index contributed by atoms with van der Waals surface area (Å²) in [4.78, 5) is 18.7. The van der Waals surface area contributed by atoms with Gasteiger partial charge in [-0.2, -0.15) is 0 Å². The Bertz CT molecular complexity index is 1450. The number of rotatable bonds is 7. The normalized spacial score (nSPS) is 18.3. The van der Waals surface area contributed by atoms with Crippen LogP contribution >= 0.6 is 0 Å². The fourth-order valence-electron chi connectivity index (χ4n) is 5.97. The topological polar surface area (TPSA) is 111 Å². The molecule has 40 heavy (non-hydrogen) atoms. The van der Waals surface area contributed by atoms with Gasteiger partial charge in [-0.3, -0.25) is 4.79 Å². The van der Waals surface area contributed by atoms with Crippen molar-refractivity contribution < 1.29 is 15.3 Å². The van der Waals surface area contributed by atoms with E-state index in [1.165, 1.54) is 11.6 Å². The van der Waals surface area contributed by atoms with Crippen LogP contribution < -0.4 is 21.5 Å². The Morgan fingerprint density at radius 3 is 2.70 bits per heavy atom. The van der Waals surface area contributed by atoms with E-state index in [4.69, 9.17) is 5.73 Å². The van der Waals surface area contributed by atoms with Crippen LogP contribution in [0.1, 0.15) is 60.5 Å². The molecule has 0 bridgehead atoms. The zero-order valence-electron chi connectivity index (χ0n) is 23.5. The number of carbonyl (C=O) groups excluding carboxylic acids is 1. The predicted molar refractivity (Wildman–Crippen MR) is 160 cm³/mol. The lowest BCUT2D eigenvalue weighted by molar-refractivity contribution is -0.693. The number of nitrogens with one attached hydrogen (secondary N) is 1. The number of pyridine rings is 1. The second-order valence-electron chi connectivity index (χ2n) is 10.8. The summed E-state index contributed by atoms with van der Waals surface area (Å²) in [6.45, 7) is 11.2. The third kappa shape index (κ3) is 5.20. The number of nitrogen functional groups attached to an aromatic ring is 1. The van der Waals surface area contributed by atoms with Crippen molar-refractivity contribution in [1.82, 2.24) is 9.88 Å². The molecule has 2 aromatic carbocycles. The molecule has 1 amide bonds. The van der Waals surface area contributed by atoms with E-state index in [9.17, 15) is 9.90 Å². The number of para-hydroxylation sites is 1. The Hall–Kier alpha value is -4.14. The van der Waals surface area contributed by atoms with E-state index in [-0.39, 0.29) is 24.6 Å². The summed E-state index contributed by atoms with van der Waals surface area (Å²) >= 11 is 0. The van der Waals surface area contributed by atoms with Gasteiger partial charge in [0.05, 0.1) is 18.2 Å². The molecule has 0 aliphatic carbocycles. The SMILES string of the molecule is C=CC(=O)N1CCC[C@@H](N2[NH2+]C(c3ccc(C(Nc4ccccc4)=C(C)C)c(C)c3)c3c(N)ncc(CO)c32)C1. The molecule has 3 aromatic rings. The molecule has 0 saturated carbocycles. The van der Waals surface area contributed by atoms with Gasteiger partial charge in [0, 0.05) is 47.4 Å². The lowest BCUT2D eigenvalue weighted by atomic mass is 9.93. The summed E-state index contributed by atoms with van der Waals surface area (Å²) in [6, 6.07) is 16.7. The van der Waals surface area contributed by atoms with Gasteiger partial charge in [-0.15, -0.1) is 0 Å². The fourth-order valence-corrected chi connectivity index (χ4v) is 5.97. The van der Waals surface area contributed by atoms with Crippen molar-refractivity contribution in [3.8, 4) is 0 Å². The highest BCUT2D eigenvalue weighted by Crippen LogP contribution is 2.40. The summed E-state index contributed by atoms with van der Waals surface area (Å²) < 4.78 is 0. The van der Waals surface area contributed by atoms with E-state index in [0.717, 1.165) is 64.3 Å². The third-order valence-corrected chi connectivity index (χ3v) is 7.94. The van der Waals surface area contributed by atoms with Crippen LogP contribution in [-0.4, -0.2) is 40.0 Å². The minimum Gasteiger partial charge on any atom is -0.392 e. The number of aromatic nitrogens is 1. The van der Waals surface area contributed by atoms with Gasteiger partial charge >= 0.3 is 0 Å². The maximum Gasteiger partial charge on any atom is 0.246 e. The molecule has 2 aliphatic rings. The number of carbonyl (C=O) groups is 1. The van der Waals surface area contributed by atoms with E-state index >= 15 is 0 Å². The number of anilines is 3. The lowest BCUT2D eigenvalue weighted by Crippen LogP contribution is -2.95. The Morgan fingerprint density at radius 1 is 1.25 bits per heavy atom. The lowest BCUT2D eigenvalue weighted by Gasteiger charge is -2.36. The van der Waals surface area contributed by atoms with Crippen LogP contribution in [-0.2, 0) is 11.4 Å². The number of aliphatic hydroxyl groups excluding tert-OH is 1. The van der Waals surface area contributed by atoms with E-state index in [2.05, 4.69) is 78.4 Å². The Kier molecular flexibility index (Phi) is 7.91. The number of nitrogens with zero attached hydrogens (tertiary/aromatic N) is 3. The molecular weight excluding hydrogens is 500 g/mol. The van der Waals surface area contributed by atoms with Gasteiger partial charge in [0.15, 0.2) is 6.04 Å². The highest BCUT2D eigenvalue weighted by molar-refractivity contribution is 5.87. The molecule has 8 nitrogen and oxygen atoms in total. The number of nitrogens with two attached hydrogens (primary N) is 2. The first-order chi connectivity index (χ1) is 19.3. The molecular formula is C32H39N6O2+. The van der Waals surface area contributed by atoms with Crippen LogP contribution in [0.25, 0.3) is 5.70 Å². The third-order valence-electron chi connectivity index (χ3n) is 7.94. The fraction of sp³-hybridized carbons (Fsp3) is 0.312. The first kappa shape index (κ1) is 27.4. The number of hydrogen-bond acceptors (Lipinski definition) is 6. The van der Waals surface area contributed by atoms with E-state index in [0.29, 0.717) is 12.4 Å². The van der Waals surface area contributed by atoms with Crippen LogP contribution in [0.5, 0.6) is 0 Å². The first-order valence-electron chi connectivity index (χ1n) is 13.9. The largest absolute Gasteiger partial charge is 0.392 e. The van der Waals surface area contributed by atoms with Crippen molar-refractivity contribution in [3.63, 3.8) is 0 Å². The number of amides is 1. The van der Waals surface area contributed by atoms with Crippen LogP contribution in [0.4, 0.5) is 17.2 Å². The van der Waals surface area contributed by atoms with Crippen molar-refractivity contribution in [1.29, 1.82) is 0 Å². The van der Waals surface area contributed by atoms with Gasteiger partial charge in [-0.05, 0) is 63.5 Å². The second kappa shape index (κ2) is 11.5. The highest BCUT2D eigenvalue weighted by Gasteiger charge is 2.43. The van der Waals surface area contributed by atoms with E-state index in [1.54, 1.807) is 6.20 Å². The minimum absolute atomic E-state index is 0.0531. The van der Waals surface area contributed by atoms with Crippen LogP contribution in [0.15, 0.2) is 73.0 Å². The molecule has 6 N–H and O–H groups in total. The average Bonchev–Trinajstić information content (AvgIpc) is 3.38. The summed E-state index contributed by atoms with van der Waals surface area (Å²) in [5.41, 5.74) is 18.0. The Morgan fingerprint density at radius 2 is 2.02 bits per heavy atom. The number of allylic oxidation sites excluding steroid dienone is 1. The smallest absolute Gasteiger partial charge is 0.246 e. The number of piperidine rings is 1. The van der Waals surface area contributed by atoms with Gasteiger partial charge in [0.1, 0.15) is 11.5 Å². The van der Waals surface area contributed by atoms with Crippen molar-refractivity contribution in [2.24, 2.45) is 0 Å². The van der Waals surface area contributed by atoms with Crippen LogP contribution in [0.2, 0.25) is 0 Å². The maximum atomic E-state index is 12.4. The zero-order chi connectivity index (χ0) is 28.4. The molecule has 2 aliphatic heterocycles. The van der Waals surface area contributed by atoms with Crippen LogP contribution in [0.3, 0.4) is 0 Å². The molecule has 0 spiro atoms. The van der Waals surface area contributed by atoms with Crippen molar-refractivity contribution >= 4 is 28.8 Å². The van der Waals surface area contributed by atoms with Crippen molar-refractivity contribution in [3.05, 3.63) is 101 Å². The number of benzene rings is 2. The van der Waals surface area contributed by atoms with Gasteiger partial charge in [-0.25, -0.2) is 15.4 Å². The molecule has 8 heteroatoms. The second-order valence-corrected chi connectivity index (χ2v) is 10.8. The number of hydrogen-bond donors (Lipinski definition) is 4. The molecule has 0 radical (unpaired) electrons. The first-order valence-corrected chi connectivity index (χ1v) is 13.9. The van der Waals surface area contributed by atoms with Crippen molar-refractivity contribution in [2.45, 2.75) is 52.3 Å². The molecule has 1 aromatic heterocycles. The molecule has 208 valence electrons. The molecule has 1 unspecified atom stereocenters. The van der Waals surface area contributed by atoms with Gasteiger partial charge < -0.3 is 21.1 Å². The van der Waals surface area contributed by atoms with E-state index < -0.39 is 0 Å². The summed E-state index contributed by atoms with van der Waals surface area (Å²) in [7, 11) is 0. The molecule has 1 fully saturated rings. The zero-order valence-corrected chi connectivity index (χ0v) is 23.5. The monoisotopic (exact) mass is 539 g/mol. The summed E-state index contributed by atoms with van der Waals surface area (Å²) in [5, 5.41) is 16.1. The molecule has 2 atom stereocenters. The number of aryl methyl sites for hydroxylation is 1. The Balaban J connectivity index is 1.51. The van der Waals surface area contributed by atoms with Gasteiger partial charge in [-0.1, -0.05) is 42.5 Å². The summed E-state index contributed by atoms with van der Waals surface area (Å²) in [6.07, 6.45) is 4.88. The average molecular weight is 540 g/mol. The minimum atomic E-state index is -0.137. The predicted octanol–water partition coefficient (Wildman–Crippen LogP) is 3.89. The van der Waals surface area contributed by atoms with Gasteiger partial charge in [0.25, 0.3) is 0 Å². The highest BCUT2D eigenvalue weighted by atomic mass is 16.3. The van der Waals surface area contributed by atoms with Gasteiger partial charge in [0.2, 0.25) is 5.91 Å². The molecule has 5 rings (SSSR count). The number of aliphatic hydroxyl groups is 1. The van der Waals surface area contributed by atoms with Crippen LogP contribution in [0, 0.1) is 6.92 Å². The number of fused-ring (bicyclic) bond motifs is 1. The Labute approximate surface area is 236 Å². The standard InChI is InChI=1S/C32H38N6O2/c1-5-27(40)37-15-9-12-25(18-37)38-31-23(19-39)17-34-32(33)28(31)30(36-38)22-13-14-26(21(4)16-22)29(20(2)3)35-24-10-7-6-8-11-24/h5-8,10-11,13-14,16-17,25,30,35-36,39H,1,9,12,15,18-19H2,2-4H3,(H2,33,34)/p+1/t25-,30?/m1/s1. The molecule has 1 saturated heterocycles. The maximum absolute atomic E-state index is 12.4. The van der Waals surface area contributed by atoms with Crippen molar-refractivity contribution in [2.75, 3.05) is 29.1 Å². The number of quaternary nitrogens is 1.